The standard InChI is InChI=1S/C16H32N4O.HI/c1-3-4-9-18-15(17-2)19-14-16(7-12-21-13-8-16)20-10-5-6-11-20;/h3-14H2,1-2H3,(H2,17,18,19);1H. The Morgan fingerprint density at radius 3 is 2.45 bits per heavy atom. The smallest absolute Gasteiger partial charge is 0.191 e. The topological polar surface area (TPSA) is 48.9 Å². The molecule has 2 aliphatic rings. The summed E-state index contributed by atoms with van der Waals surface area (Å²) < 4.78 is 5.60. The molecule has 2 fully saturated rings. The molecule has 2 heterocycles. The van der Waals surface area contributed by atoms with E-state index in [-0.39, 0.29) is 29.5 Å². The number of rotatable bonds is 6. The van der Waals surface area contributed by atoms with Crippen LogP contribution in [0.25, 0.3) is 0 Å². The molecule has 0 spiro atoms. The summed E-state index contributed by atoms with van der Waals surface area (Å²) in [6.45, 7) is 8.44. The van der Waals surface area contributed by atoms with Crippen LogP contribution in [-0.2, 0) is 4.74 Å². The van der Waals surface area contributed by atoms with Gasteiger partial charge in [-0.15, -0.1) is 24.0 Å². The minimum Gasteiger partial charge on any atom is -0.381 e. The van der Waals surface area contributed by atoms with E-state index in [4.69, 9.17) is 4.74 Å². The summed E-state index contributed by atoms with van der Waals surface area (Å²) >= 11 is 0. The number of nitrogens with one attached hydrogen (secondary N) is 2. The summed E-state index contributed by atoms with van der Waals surface area (Å²) in [6, 6.07) is 0. The fourth-order valence-electron chi connectivity index (χ4n) is 3.40. The third kappa shape index (κ3) is 5.53. The van der Waals surface area contributed by atoms with Gasteiger partial charge in [-0.25, -0.2) is 0 Å². The summed E-state index contributed by atoms with van der Waals surface area (Å²) in [4.78, 5) is 7.03. The van der Waals surface area contributed by atoms with Crippen molar-refractivity contribution >= 4 is 29.9 Å². The first kappa shape index (κ1) is 20.0. The molecule has 0 aromatic heterocycles. The number of guanidine groups is 1. The van der Waals surface area contributed by atoms with Crippen LogP contribution in [0.5, 0.6) is 0 Å². The number of ether oxygens (including phenoxy) is 1. The van der Waals surface area contributed by atoms with E-state index in [0.717, 1.165) is 45.1 Å². The lowest BCUT2D eigenvalue weighted by atomic mass is 9.88. The predicted molar refractivity (Wildman–Crippen MR) is 103 cm³/mol. The fraction of sp³-hybridized carbons (Fsp3) is 0.938. The zero-order chi connectivity index (χ0) is 15.0. The third-order valence-corrected chi connectivity index (χ3v) is 4.83. The highest BCUT2D eigenvalue weighted by Gasteiger charge is 2.39. The zero-order valence-electron chi connectivity index (χ0n) is 14.2. The monoisotopic (exact) mass is 424 g/mol. The van der Waals surface area contributed by atoms with Crippen molar-refractivity contribution in [1.29, 1.82) is 0 Å². The third-order valence-electron chi connectivity index (χ3n) is 4.83. The van der Waals surface area contributed by atoms with Gasteiger partial charge in [0.15, 0.2) is 5.96 Å². The second-order valence-electron chi connectivity index (χ2n) is 6.24. The largest absolute Gasteiger partial charge is 0.381 e. The van der Waals surface area contributed by atoms with Crippen molar-refractivity contribution in [2.45, 2.75) is 51.0 Å². The Morgan fingerprint density at radius 1 is 1.18 bits per heavy atom. The zero-order valence-corrected chi connectivity index (χ0v) is 16.5. The van der Waals surface area contributed by atoms with Crippen LogP contribution >= 0.6 is 24.0 Å². The first-order chi connectivity index (χ1) is 10.3. The Balaban J connectivity index is 0.00000242. The van der Waals surface area contributed by atoms with Gasteiger partial charge < -0.3 is 15.4 Å². The van der Waals surface area contributed by atoms with Gasteiger partial charge in [0.05, 0.1) is 0 Å². The molecule has 2 rings (SSSR count). The summed E-state index contributed by atoms with van der Waals surface area (Å²) in [5.74, 6) is 0.938. The molecule has 0 aliphatic carbocycles. The predicted octanol–water partition coefficient (Wildman–Crippen LogP) is 2.21. The average Bonchev–Trinajstić information content (AvgIpc) is 3.07. The molecule has 0 amide bonds. The fourth-order valence-corrected chi connectivity index (χ4v) is 3.40. The lowest BCUT2D eigenvalue weighted by Crippen LogP contribution is -2.58. The number of halogens is 1. The molecule has 0 unspecified atom stereocenters. The first-order valence-electron chi connectivity index (χ1n) is 8.58. The minimum absolute atomic E-state index is 0. The van der Waals surface area contributed by atoms with Crippen LogP contribution in [0, 0.1) is 0 Å². The van der Waals surface area contributed by atoms with Crippen molar-refractivity contribution in [2.75, 3.05) is 46.4 Å². The maximum atomic E-state index is 5.60. The van der Waals surface area contributed by atoms with Crippen molar-refractivity contribution in [2.24, 2.45) is 4.99 Å². The van der Waals surface area contributed by atoms with Gasteiger partial charge in [0.2, 0.25) is 0 Å². The molecule has 0 aromatic rings. The Labute approximate surface area is 152 Å². The highest BCUT2D eigenvalue weighted by atomic mass is 127. The van der Waals surface area contributed by atoms with E-state index < -0.39 is 0 Å². The van der Waals surface area contributed by atoms with Gasteiger partial charge in [-0.1, -0.05) is 13.3 Å². The van der Waals surface area contributed by atoms with Gasteiger partial charge in [0.1, 0.15) is 0 Å². The van der Waals surface area contributed by atoms with Crippen LogP contribution in [0.3, 0.4) is 0 Å². The number of nitrogens with zero attached hydrogens (tertiary/aromatic N) is 2. The molecule has 2 saturated heterocycles. The van der Waals surface area contributed by atoms with E-state index in [0.29, 0.717) is 0 Å². The van der Waals surface area contributed by atoms with Crippen LogP contribution in [0.2, 0.25) is 0 Å². The molecular weight excluding hydrogens is 391 g/mol. The van der Waals surface area contributed by atoms with Crippen molar-refractivity contribution in [3.05, 3.63) is 0 Å². The molecule has 6 heteroatoms. The molecule has 22 heavy (non-hydrogen) atoms. The minimum atomic E-state index is 0. The molecule has 0 radical (unpaired) electrons. The van der Waals surface area contributed by atoms with Crippen molar-refractivity contribution in [1.82, 2.24) is 15.5 Å². The molecule has 0 saturated carbocycles. The van der Waals surface area contributed by atoms with E-state index in [1.54, 1.807) is 0 Å². The molecule has 2 aliphatic heterocycles. The Morgan fingerprint density at radius 2 is 1.86 bits per heavy atom. The molecule has 5 nitrogen and oxygen atoms in total. The van der Waals surface area contributed by atoms with Gasteiger partial charge in [0.25, 0.3) is 0 Å². The molecule has 0 bridgehead atoms. The van der Waals surface area contributed by atoms with E-state index in [2.05, 4.69) is 27.4 Å². The van der Waals surface area contributed by atoms with Gasteiger partial charge in [0, 0.05) is 38.9 Å². The Hall–Kier alpha value is -0.0800. The summed E-state index contributed by atoms with van der Waals surface area (Å²) in [5, 5.41) is 6.96. The number of hydrogen-bond donors (Lipinski definition) is 2. The molecule has 0 atom stereocenters. The molecule has 0 aromatic carbocycles. The molecular formula is C16H33IN4O. The maximum absolute atomic E-state index is 5.60. The second-order valence-corrected chi connectivity index (χ2v) is 6.24. The van der Waals surface area contributed by atoms with E-state index in [9.17, 15) is 0 Å². The summed E-state index contributed by atoms with van der Waals surface area (Å²) in [7, 11) is 1.85. The highest BCUT2D eigenvalue weighted by Crippen LogP contribution is 2.30. The quantitative estimate of drug-likeness (QED) is 0.297. The number of unbranched alkanes of at least 4 members (excludes halogenated alkanes) is 1. The van der Waals surface area contributed by atoms with E-state index in [1.807, 2.05) is 7.05 Å². The van der Waals surface area contributed by atoms with Gasteiger partial charge in [-0.05, 0) is 45.2 Å². The van der Waals surface area contributed by atoms with Crippen molar-refractivity contribution < 1.29 is 4.74 Å². The van der Waals surface area contributed by atoms with E-state index >= 15 is 0 Å². The van der Waals surface area contributed by atoms with Crippen molar-refractivity contribution in [3.63, 3.8) is 0 Å². The van der Waals surface area contributed by atoms with Crippen LogP contribution in [0.15, 0.2) is 4.99 Å². The first-order valence-corrected chi connectivity index (χ1v) is 8.58. The maximum Gasteiger partial charge on any atom is 0.191 e. The Bertz CT molecular complexity index is 326. The van der Waals surface area contributed by atoms with Crippen LogP contribution in [0.1, 0.15) is 45.4 Å². The average molecular weight is 424 g/mol. The van der Waals surface area contributed by atoms with Crippen LogP contribution < -0.4 is 10.6 Å². The normalized spacial score (nSPS) is 22.2. The summed E-state index contributed by atoms with van der Waals surface area (Å²) in [6.07, 6.45) is 7.33. The second kappa shape index (κ2) is 10.6. The summed E-state index contributed by atoms with van der Waals surface area (Å²) in [5.41, 5.74) is 0.261. The van der Waals surface area contributed by atoms with Gasteiger partial charge in [-0.3, -0.25) is 9.89 Å². The number of hydrogen-bond acceptors (Lipinski definition) is 3. The molecule has 130 valence electrons. The SMILES string of the molecule is CCCCNC(=NC)NCC1(N2CCCC2)CCOCC1.I. The highest BCUT2D eigenvalue weighted by molar-refractivity contribution is 14.0. The van der Waals surface area contributed by atoms with Crippen LogP contribution in [0.4, 0.5) is 0 Å². The Kier molecular flexibility index (Phi) is 9.66. The molecule has 2 N–H and O–H groups in total. The van der Waals surface area contributed by atoms with Crippen LogP contribution in [-0.4, -0.2) is 62.8 Å². The van der Waals surface area contributed by atoms with Gasteiger partial charge in [-0.2, -0.15) is 0 Å². The van der Waals surface area contributed by atoms with Crippen molar-refractivity contribution in [3.8, 4) is 0 Å². The number of likely N-dealkylation sites (tertiary alicyclic amines) is 1. The van der Waals surface area contributed by atoms with E-state index in [1.165, 1.54) is 38.8 Å². The van der Waals surface area contributed by atoms with Gasteiger partial charge >= 0.3 is 0 Å². The number of aliphatic imine (C=N–C) groups is 1. The lowest BCUT2D eigenvalue weighted by Gasteiger charge is -2.45. The lowest BCUT2D eigenvalue weighted by molar-refractivity contribution is -0.0164.